The Morgan fingerprint density at radius 2 is 1.23 bits per heavy atom. The maximum Gasteiger partial charge on any atom is 0.360 e. The third-order valence-corrected chi connectivity index (χ3v) is 9.41. The van der Waals surface area contributed by atoms with Crippen LogP contribution in [0.15, 0.2) is 113 Å². The van der Waals surface area contributed by atoms with Gasteiger partial charge in [0, 0.05) is 24.0 Å². The van der Waals surface area contributed by atoms with E-state index in [1.807, 2.05) is 6.08 Å². The fraction of sp³-hybridized carbons (Fsp3) is 0.442. The molecule has 0 saturated carbocycles. The molecule has 0 unspecified atom stereocenters. The van der Waals surface area contributed by atoms with Crippen molar-refractivity contribution in [2.45, 2.75) is 104 Å². The van der Waals surface area contributed by atoms with Crippen LogP contribution in [0.4, 0.5) is 0 Å². The van der Waals surface area contributed by atoms with Crippen molar-refractivity contribution in [3.8, 4) is 0 Å². The van der Waals surface area contributed by atoms with Crippen LogP contribution in [0.3, 0.4) is 0 Å². The first-order chi connectivity index (χ1) is 26.6. The van der Waals surface area contributed by atoms with Crippen LogP contribution in [0.25, 0.3) is 6.08 Å². The fourth-order valence-corrected chi connectivity index (χ4v) is 5.42. The predicted molar refractivity (Wildman–Crippen MR) is 211 cm³/mol. The van der Waals surface area contributed by atoms with E-state index < -0.39 is 65.5 Å². The molecule has 304 valence electrons. The summed E-state index contributed by atoms with van der Waals surface area (Å²) in [7, 11) is 1.54. The van der Waals surface area contributed by atoms with Gasteiger partial charge in [0.1, 0.15) is 36.9 Å². The lowest BCUT2D eigenvalue weighted by atomic mass is 9.79. The number of oxazole rings is 2. The smallest absolute Gasteiger partial charge is 0.360 e. The minimum atomic E-state index is -1.29. The van der Waals surface area contributed by atoms with Crippen LogP contribution in [-0.4, -0.2) is 92.2 Å². The number of allylic oxidation sites excluding steroid dienone is 8. The van der Waals surface area contributed by atoms with Gasteiger partial charge in [-0.2, -0.15) is 0 Å². The van der Waals surface area contributed by atoms with Crippen molar-refractivity contribution in [1.82, 2.24) is 9.97 Å². The molecule has 56 heavy (non-hydrogen) atoms. The molecule has 7 atom stereocenters. The number of methoxy groups -OCH3 is 1. The number of fused-ring (bicyclic) bond motifs is 4. The van der Waals surface area contributed by atoms with Crippen molar-refractivity contribution in [3.05, 3.63) is 127 Å². The van der Waals surface area contributed by atoms with Gasteiger partial charge in [0.05, 0.1) is 24.7 Å². The second-order valence-electron chi connectivity index (χ2n) is 14.4. The van der Waals surface area contributed by atoms with Gasteiger partial charge in [-0.25, -0.2) is 19.6 Å². The molecular weight excluding hydrogens is 720 g/mol. The second-order valence-corrected chi connectivity index (χ2v) is 14.4. The topological polar surface area (TPSA) is 195 Å². The van der Waals surface area contributed by atoms with Gasteiger partial charge in [-0.1, -0.05) is 107 Å². The zero-order valence-electron chi connectivity index (χ0n) is 33.1. The number of nitrogens with zero attached hydrogens (tertiary/aromatic N) is 2. The minimum absolute atomic E-state index is 0.0357. The maximum absolute atomic E-state index is 13.2. The number of carbonyl (C=O) groups is 2. The van der Waals surface area contributed by atoms with Gasteiger partial charge in [-0.15, -0.1) is 0 Å². The summed E-state index contributed by atoms with van der Waals surface area (Å²) in [6, 6.07) is 0. The van der Waals surface area contributed by atoms with Crippen molar-refractivity contribution in [1.29, 1.82) is 0 Å². The number of aliphatic hydroxyl groups is 4. The quantitative estimate of drug-likeness (QED) is 0.203. The summed E-state index contributed by atoms with van der Waals surface area (Å²) in [6.07, 6.45) is 22.8. The molecule has 4 bridgehead atoms. The molecule has 3 heterocycles. The van der Waals surface area contributed by atoms with E-state index >= 15 is 0 Å². The number of aliphatic hydroxyl groups excluding tert-OH is 4. The monoisotopic (exact) mass is 776 g/mol. The molecule has 1 aliphatic rings. The third-order valence-electron chi connectivity index (χ3n) is 9.41. The van der Waals surface area contributed by atoms with Crippen LogP contribution in [0.5, 0.6) is 0 Å². The number of hydrogen-bond donors (Lipinski definition) is 4. The standard InChI is InChI=1S/C43H56N2O11/c1-8-18-36-42(3,4)34(48)23-14-12-10-11-13-20-29(52-7)26-39-45-31(28-54-39)41(51)56-37(19-9-2)43(5,6)35(49)24-17-22-33(47)32(46)21-15-16-25-38-44-30(27-53-38)40(50)55-36/h8-22,25,27-29,32-37,46-49H,23-24,26H2,1-7H3/b11-10-,14-12-,18-8+,19-9+,20-13+,21-15+,22-17-,25-16-/t29-,32-,33+,34+,35+,36-,37+/m0/s1. The lowest BCUT2D eigenvalue weighted by Crippen LogP contribution is -2.42. The van der Waals surface area contributed by atoms with Gasteiger partial charge in [0.15, 0.2) is 17.3 Å². The molecule has 4 N–H and O–H groups in total. The lowest BCUT2D eigenvalue weighted by Gasteiger charge is -2.35. The highest BCUT2D eigenvalue weighted by molar-refractivity contribution is 5.87. The van der Waals surface area contributed by atoms with Gasteiger partial charge in [-0.05, 0) is 38.8 Å². The van der Waals surface area contributed by atoms with Crippen LogP contribution in [0.1, 0.15) is 87.1 Å². The highest BCUT2D eigenvalue weighted by Gasteiger charge is 2.39. The molecule has 2 aromatic rings. The van der Waals surface area contributed by atoms with Crippen molar-refractivity contribution >= 4 is 18.0 Å². The molecule has 13 nitrogen and oxygen atoms in total. The van der Waals surface area contributed by atoms with Crippen LogP contribution in [0.2, 0.25) is 0 Å². The Balaban J connectivity index is 1.86. The molecule has 0 spiro atoms. The zero-order chi connectivity index (χ0) is 41.3. The molecule has 1 aliphatic heterocycles. The van der Waals surface area contributed by atoms with E-state index in [9.17, 15) is 30.0 Å². The number of aromatic nitrogens is 2. The predicted octanol–water partition coefficient (Wildman–Crippen LogP) is 6.21. The molecule has 13 heteroatoms. The van der Waals surface area contributed by atoms with Gasteiger partial charge >= 0.3 is 11.9 Å². The average Bonchev–Trinajstić information content (AvgIpc) is 3.85. The Morgan fingerprint density at radius 3 is 1.84 bits per heavy atom. The molecule has 0 aliphatic carbocycles. The molecule has 0 aromatic carbocycles. The fourth-order valence-electron chi connectivity index (χ4n) is 5.42. The van der Waals surface area contributed by atoms with Crippen LogP contribution < -0.4 is 0 Å². The first-order valence-corrected chi connectivity index (χ1v) is 18.5. The number of rotatable bonds is 3. The summed E-state index contributed by atoms with van der Waals surface area (Å²) in [5.41, 5.74) is -1.95. The normalized spacial score (nSPS) is 31.1. The molecule has 0 saturated heterocycles. The molecule has 0 amide bonds. The second kappa shape index (κ2) is 22.0. The van der Waals surface area contributed by atoms with E-state index in [1.165, 1.54) is 49.0 Å². The highest BCUT2D eigenvalue weighted by Crippen LogP contribution is 2.33. The Labute approximate surface area is 328 Å². The van der Waals surface area contributed by atoms with E-state index in [0.29, 0.717) is 0 Å². The number of ether oxygens (including phenoxy) is 3. The number of cyclic esters (lactones) is 2. The van der Waals surface area contributed by atoms with Gasteiger partial charge in [-0.3, -0.25) is 0 Å². The minimum Gasteiger partial charge on any atom is -0.453 e. The van der Waals surface area contributed by atoms with E-state index in [4.69, 9.17) is 23.0 Å². The van der Waals surface area contributed by atoms with Gasteiger partial charge in [0.2, 0.25) is 5.89 Å². The summed E-state index contributed by atoms with van der Waals surface area (Å²) in [4.78, 5) is 34.7. The van der Waals surface area contributed by atoms with Crippen LogP contribution in [0, 0.1) is 10.8 Å². The Hall–Kier alpha value is -4.92. The first kappa shape index (κ1) is 45.5. The summed E-state index contributed by atoms with van der Waals surface area (Å²) in [5.74, 6) is -1.10. The van der Waals surface area contributed by atoms with Crippen molar-refractivity contribution in [2.24, 2.45) is 10.8 Å². The summed E-state index contributed by atoms with van der Waals surface area (Å²) >= 11 is 0. The highest BCUT2D eigenvalue weighted by atomic mass is 16.6. The number of hydrogen-bond acceptors (Lipinski definition) is 13. The zero-order valence-corrected chi connectivity index (χ0v) is 33.1. The van der Waals surface area contributed by atoms with Gasteiger partial charge < -0.3 is 43.5 Å². The van der Waals surface area contributed by atoms with E-state index in [0.717, 1.165) is 0 Å². The summed E-state index contributed by atoms with van der Waals surface area (Å²) in [5, 5.41) is 43.2. The van der Waals surface area contributed by atoms with Crippen molar-refractivity contribution < 1.29 is 53.1 Å². The average molecular weight is 777 g/mol. The summed E-state index contributed by atoms with van der Waals surface area (Å²) in [6.45, 7) is 10.7. The number of esters is 2. The SMILES string of the molecule is C/C=C/[C@@H]1OC(=O)c2coc(n2)/C=C\C=C\[C@H](O)[C@H](O)/C=C\C[C@@H](O)C(C)(C)[C@@H](/C=C/C)OC(=O)c2coc(n2)C[C@@H](OC)/C=C/C=C\C=C/C[C@@H](O)C1(C)C. The van der Waals surface area contributed by atoms with Gasteiger partial charge in [0.25, 0.3) is 0 Å². The number of carbonyl (C=O) groups excluding carboxylic acids is 2. The molecule has 3 rings (SSSR count). The molecule has 0 radical (unpaired) electrons. The van der Waals surface area contributed by atoms with Crippen LogP contribution in [-0.2, 0) is 20.6 Å². The summed E-state index contributed by atoms with van der Waals surface area (Å²) < 4.78 is 28.0. The van der Waals surface area contributed by atoms with Crippen molar-refractivity contribution in [2.75, 3.05) is 7.11 Å². The first-order valence-electron chi connectivity index (χ1n) is 18.5. The van der Waals surface area contributed by atoms with Crippen molar-refractivity contribution in [3.63, 3.8) is 0 Å². The Bertz CT molecular complexity index is 1790. The molecule has 2 aromatic heterocycles. The molecular formula is C43H56N2O11. The Kier molecular flexibility index (Phi) is 17.8. The molecule has 0 fully saturated rings. The largest absolute Gasteiger partial charge is 0.453 e. The third kappa shape index (κ3) is 13.4. The maximum atomic E-state index is 13.2. The Morgan fingerprint density at radius 1 is 0.696 bits per heavy atom. The lowest BCUT2D eigenvalue weighted by molar-refractivity contribution is -0.0425. The van der Waals surface area contributed by atoms with Crippen LogP contribution >= 0.6 is 0 Å². The van der Waals surface area contributed by atoms with E-state index in [2.05, 4.69) is 9.97 Å². The van der Waals surface area contributed by atoms with E-state index in [-0.39, 0.29) is 42.4 Å². The van der Waals surface area contributed by atoms with E-state index in [1.54, 1.807) is 103 Å².